The van der Waals surface area contributed by atoms with Crippen molar-refractivity contribution in [3.05, 3.63) is 89.0 Å². The molecule has 1 fully saturated rings. The number of hydrogen-bond acceptors (Lipinski definition) is 5. The van der Waals surface area contributed by atoms with Gasteiger partial charge in [-0.05, 0) is 87.6 Å². The Bertz CT molecular complexity index is 1330. The number of carbonyl (C=O) groups excluding carboxylic acids is 2. The first-order valence-electron chi connectivity index (χ1n) is 14.1. The molecule has 3 aromatic rings. The van der Waals surface area contributed by atoms with E-state index in [4.69, 9.17) is 0 Å². The van der Waals surface area contributed by atoms with Crippen molar-refractivity contribution >= 4 is 17.5 Å². The quantitative estimate of drug-likeness (QED) is 0.431. The van der Waals surface area contributed by atoms with Gasteiger partial charge in [0.2, 0.25) is 0 Å². The average molecular weight is 542 g/mol. The zero-order valence-corrected chi connectivity index (χ0v) is 24.8. The van der Waals surface area contributed by atoms with Gasteiger partial charge in [-0.1, -0.05) is 36.4 Å². The predicted octanol–water partition coefficient (Wildman–Crippen LogP) is 4.54. The molecule has 0 spiro atoms. The maximum absolute atomic E-state index is 13.4. The number of anilines is 1. The van der Waals surface area contributed by atoms with Gasteiger partial charge >= 0.3 is 0 Å². The van der Waals surface area contributed by atoms with E-state index < -0.39 is 0 Å². The molecule has 2 amide bonds. The first-order valence-corrected chi connectivity index (χ1v) is 14.1. The highest BCUT2D eigenvalue weighted by atomic mass is 16.2. The van der Waals surface area contributed by atoms with Crippen LogP contribution in [0.1, 0.15) is 44.8 Å². The fourth-order valence-electron chi connectivity index (χ4n) is 4.96. The molecule has 3 aromatic carbocycles. The highest BCUT2D eigenvalue weighted by molar-refractivity contribution is 5.97. The number of piperazine rings is 1. The molecule has 212 valence electrons. The van der Waals surface area contributed by atoms with E-state index in [0.717, 1.165) is 60.7 Å². The minimum Gasteiger partial charge on any atom is -0.369 e. The predicted molar refractivity (Wildman–Crippen MR) is 164 cm³/mol. The summed E-state index contributed by atoms with van der Waals surface area (Å²) in [5.41, 5.74) is 6.44. The molecule has 4 rings (SSSR count). The Labute approximate surface area is 239 Å². The summed E-state index contributed by atoms with van der Waals surface area (Å²) in [6.07, 6.45) is 0. The Hall–Kier alpha value is -3.68. The molecule has 0 radical (unpaired) electrons. The molecule has 0 saturated carbocycles. The number of carbonyl (C=O) groups is 2. The SMILES string of the molecule is Cc1ccc(N2CCN(C)CC2)cc1C(=O)N[C@H](C)c1cccc(-c2cccc(C(=O)N(C)CCN(C)C)c2)c1. The molecule has 0 bridgehead atoms. The molecule has 1 N–H and O–H groups in total. The highest BCUT2D eigenvalue weighted by Crippen LogP contribution is 2.26. The summed E-state index contributed by atoms with van der Waals surface area (Å²) in [5, 5.41) is 3.21. The minimum atomic E-state index is -0.180. The van der Waals surface area contributed by atoms with Crippen molar-refractivity contribution in [1.29, 1.82) is 0 Å². The zero-order chi connectivity index (χ0) is 28.8. The number of nitrogens with one attached hydrogen (secondary N) is 1. The third-order valence-corrected chi connectivity index (χ3v) is 7.74. The molecule has 7 heteroatoms. The van der Waals surface area contributed by atoms with Crippen molar-refractivity contribution < 1.29 is 9.59 Å². The van der Waals surface area contributed by atoms with Crippen LogP contribution < -0.4 is 10.2 Å². The summed E-state index contributed by atoms with van der Waals surface area (Å²) in [6, 6.07) is 21.9. The van der Waals surface area contributed by atoms with Gasteiger partial charge in [-0.25, -0.2) is 0 Å². The van der Waals surface area contributed by atoms with Gasteiger partial charge in [0.25, 0.3) is 11.8 Å². The second-order valence-electron chi connectivity index (χ2n) is 11.2. The van der Waals surface area contributed by atoms with E-state index >= 15 is 0 Å². The minimum absolute atomic E-state index is 0.00894. The second kappa shape index (κ2) is 13.1. The Morgan fingerprint density at radius 1 is 0.875 bits per heavy atom. The molecule has 1 aliphatic rings. The van der Waals surface area contributed by atoms with Gasteiger partial charge in [0.1, 0.15) is 0 Å². The number of hydrogen-bond donors (Lipinski definition) is 1. The van der Waals surface area contributed by atoms with E-state index in [9.17, 15) is 9.59 Å². The van der Waals surface area contributed by atoms with Crippen LogP contribution in [0, 0.1) is 6.92 Å². The highest BCUT2D eigenvalue weighted by Gasteiger charge is 2.19. The van der Waals surface area contributed by atoms with Crippen LogP contribution in [0.5, 0.6) is 0 Å². The van der Waals surface area contributed by atoms with Gasteiger partial charge < -0.3 is 24.9 Å². The van der Waals surface area contributed by atoms with E-state index in [2.05, 4.69) is 39.2 Å². The smallest absolute Gasteiger partial charge is 0.253 e. The molecule has 40 heavy (non-hydrogen) atoms. The lowest BCUT2D eigenvalue weighted by atomic mass is 9.98. The molecule has 0 aliphatic carbocycles. The van der Waals surface area contributed by atoms with Gasteiger partial charge in [0.15, 0.2) is 0 Å². The van der Waals surface area contributed by atoms with Gasteiger partial charge in [-0.2, -0.15) is 0 Å². The van der Waals surface area contributed by atoms with Crippen LogP contribution in [0.25, 0.3) is 11.1 Å². The Morgan fingerprint density at radius 2 is 1.55 bits per heavy atom. The maximum atomic E-state index is 13.4. The number of rotatable bonds is 9. The van der Waals surface area contributed by atoms with E-state index in [-0.39, 0.29) is 17.9 Å². The first-order chi connectivity index (χ1) is 19.1. The zero-order valence-electron chi connectivity index (χ0n) is 24.8. The monoisotopic (exact) mass is 541 g/mol. The van der Waals surface area contributed by atoms with Crippen LogP contribution in [0.3, 0.4) is 0 Å². The Kier molecular flexibility index (Phi) is 9.61. The summed E-state index contributed by atoms with van der Waals surface area (Å²) >= 11 is 0. The number of amides is 2. The van der Waals surface area contributed by atoms with E-state index in [1.807, 2.05) is 89.6 Å². The summed E-state index contributed by atoms with van der Waals surface area (Å²) in [7, 11) is 7.99. The molecule has 1 saturated heterocycles. The molecule has 1 heterocycles. The molecule has 0 unspecified atom stereocenters. The van der Waals surface area contributed by atoms with Crippen LogP contribution in [0.4, 0.5) is 5.69 Å². The summed E-state index contributed by atoms with van der Waals surface area (Å²) in [6.45, 7) is 9.44. The Balaban J connectivity index is 1.47. The topological polar surface area (TPSA) is 59.1 Å². The third kappa shape index (κ3) is 7.29. The number of nitrogens with zero attached hydrogens (tertiary/aromatic N) is 4. The van der Waals surface area contributed by atoms with Gasteiger partial charge in [-0.15, -0.1) is 0 Å². The number of likely N-dealkylation sites (N-methyl/N-ethyl adjacent to an activating group) is 3. The lowest BCUT2D eigenvalue weighted by Crippen LogP contribution is -2.44. The van der Waals surface area contributed by atoms with Crippen LogP contribution in [-0.2, 0) is 0 Å². The van der Waals surface area contributed by atoms with E-state index in [0.29, 0.717) is 17.7 Å². The summed E-state index contributed by atoms with van der Waals surface area (Å²) in [5.74, 6) is -0.0607. The third-order valence-electron chi connectivity index (χ3n) is 7.74. The maximum Gasteiger partial charge on any atom is 0.253 e. The van der Waals surface area contributed by atoms with Crippen LogP contribution in [-0.4, -0.2) is 94.0 Å². The number of benzene rings is 3. The van der Waals surface area contributed by atoms with Crippen molar-refractivity contribution in [3.8, 4) is 11.1 Å². The molecule has 7 nitrogen and oxygen atoms in total. The fraction of sp³-hybridized carbons (Fsp3) is 0.394. The average Bonchev–Trinajstić information content (AvgIpc) is 2.96. The largest absolute Gasteiger partial charge is 0.369 e. The van der Waals surface area contributed by atoms with Crippen LogP contribution in [0.15, 0.2) is 66.7 Å². The molecule has 0 aromatic heterocycles. The molecular weight excluding hydrogens is 498 g/mol. The van der Waals surface area contributed by atoms with Crippen molar-refractivity contribution in [1.82, 2.24) is 20.0 Å². The molecule has 1 atom stereocenters. The van der Waals surface area contributed by atoms with Gasteiger partial charge in [0.05, 0.1) is 6.04 Å². The normalized spacial score (nSPS) is 14.7. The summed E-state index contributed by atoms with van der Waals surface area (Å²) in [4.78, 5) is 34.9. The standard InChI is InChI=1S/C33H43N5O2/c1-24-13-14-30(38-19-16-36(5)17-20-38)23-31(24)32(39)34-25(2)26-9-7-10-27(21-26)28-11-8-12-29(22-28)33(40)37(6)18-15-35(3)4/h7-14,21-23,25H,15-20H2,1-6H3,(H,34,39)/t25-/m1/s1. The van der Waals surface area contributed by atoms with Gasteiger partial charge in [-0.3, -0.25) is 9.59 Å². The van der Waals surface area contributed by atoms with Crippen LogP contribution >= 0.6 is 0 Å². The van der Waals surface area contributed by atoms with Gasteiger partial charge in [0, 0.05) is 63.1 Å². The second-order valence-corrected chi connectivity index (χ2v) is 11.2. The lowest BCUT2D eigenvalue weighted by Gasteiger charge is -2.34. The summed E-state index contributed by atoms with van der Waals surface area (Å²) < 4.78 is 0. The van der Waals surface area contributed by atoms with Crippen molar-refractivity contribution in [2.75, 3.05) is 72.4 Å². The lowest BCUT2D eigenvalue weighted by molar-refractivity contribution is 0.0786. The van der Waals surface area contributed by atoms with Crippen molar-refractivity contribution in [2.45, 2.75) is 19.9 Å². The Morgan fingerprint density at radius 3 is 2.25 bits per heavy atom. The van der Waals surface area contributed by atoms with Crippen LogP contribution in [0.2, 0.25) is 0 Å². The van der Waals surface area contributed by atoms with E-state index in [1.165, 1.54) is 0 Å². The fourth-order valence-corrected chi connectivity index (χ4v) is 4.96. The van der Waals surface area contributed by atoms with Crippen molar-refractivity contribution in [3.63, 3.8) is 0 Å². The first kappa shape index (κ1) is 29.3. The molecule has 1 aliphatic heterocycles. The van der Waals surface area contributed by atoms with Crippen molar-refractivity contribution in [2.24, 2.45) is 0 Å². The number of aryl methyl sites for hydroxylation is 1. The van der Waals surface area contributed by atoms with E-state index in [1.54, 1.807) is 4.90 Å². The molecular formula is C33H43N5O2.